The molecule has 2 rings (SSSR count). The summed E-state index contributed by atoms with van der Waals surface area (Å²) >= 11 is 7.09. The molecule has 0 spiro atoms. The summed E-state index contributed by atoms with van der Waals surface area (Å²) in [4.78, 5) is 36.4. The smallest absolute Gasteiger partial charge is 0.244 e. The van der Waals surface area contributed by atoms with Crippen LogP contribution in [0.25, 0.3) is 0 Å². The average Bonchev–Trinajstić information content (AvgIpc) is 2.39. The molecule has 1 heterocycles. The van der Waals surface area contributed by atoms with Crippen molar-refractivity contribution in [3.63, 3.8) is 0 Å². The maximum atomic E-state index is 11.9. The van der Waals surface area contributed by atoms with Crippen LogP contribution in [0.1, 0.15) is 6.92 Å². The molecule has 1 saturated heterocycles. The first-order chi connectivity index (χ1) is 9.47. The monoisotopic (exact) mass is 312 g/mol. The van der Waals surface area contributed by atoms with Crippen LogP contribution in [0.5, 0.6) is 0 Å². The van der Waals surface area contributed by atoms with Gasteiger partial charge < -0.3 is 5.32 Å². The molecule has 1 atom stereocenters. The second kappa shape index (κ2) is 6.28. The van der Waals surface area contributed by atoms with Gasteiger partial charge in [0.1, 0.15) is 6.54 Å². The zero-order valence-electron chi connectivity index (χ0n) is 10.8. The van der Waals surface area contributed by atoms with E-state index in [9.17, 15) is 14.4 Å². The number of amides is 3. The summed E-state index contributed by atoms with van der Waals surface area (Å²) in [5.74, 6) is -0.864. The van der Waals surface area contributed by atoms with Crippen molar-refractivity contribution in [3.05, 3.63) is 29.3 Å². The lowest BCUT2D eigenvalue weighted by molar-refractivity contribution is -0.145. The Morgan fingerprint density at radius 2 is 2.25 bits per heavy atom. The van der Waals surface area contributed by atoms with E-state index in [1.165, 1.54) is 11.8 Å². The van der Waals surface area contributed by atoms with Crippen molar-refractivity contribution in [2.24, 2.45) is 0 Å². The minimum absolute atomic E-state index is 0.220. The second-order valence-corrected chi connectivity index (χ2v) is 6.10. The average molecular weight is 313 g/mol. The fraction of sp³-hybridized carbons (Fsp3) is 0.308. The molecular formula is C13H13ClN2O3S. The predicted molar refractivity (Wildman–Crippen MR) is 78.7 cm³/mol. The van der Waals surface area contributed by atoms with Crippen LogP contribution in [0.2, 0.25) is 5.02 Å². The van der Waals surface area contributed by atoms with Gasteiger partial charge in [0, 0.05) is 10.7 Å². The van der Waals surface area contributed by atoms with Gasteiger partial charge in [0.05, 0.1) is 11.0 Å². The van der Waals surface area contributed by atoms with E-state index in [0.29, 0.717) is 10.7 Å². The summed E-state index contributed by atoms with van der Waals surface area (Å²) in [7, 11) is 0. The summed E-state index contributed by atoms with van der Waals surface area (Å²) in [5.41, 5.74) is 0.529. The van der Waals surface area contributed by atoms with Crippen molar-refractivity contribution in [1.82, 2.24) is 4.90 Å². The SMILES string of the molecule is C[C@H]1SCC(=O)N(CC(=O)Nc2cccc(Cl)c2)C1=O. The Morgan fingerprint density at radius 3 is 2.95 bits per heavy atom. The highest BCUT2D eigenvalue weighted by Crippen LogP contribution is 2.20. The molecule has 0 unspecified atom stereocenters. The lowest BCUT2D eigenvalue weighted by atomic mass is 10.3. The zero-order valence-corrected chi connectivity index (χ0v) is 12.3. The first-order valence-electron chi connectivity index (χ1n) is 5.98. The third-order valence-corrected chi connectivity index (χ3v) is 4.13. The van der Waals surface area contributed by atoms with Gasteiger partial charge in [-0.3, -0.25) is 19.3 Å². The van der Waals surface area contributed by atoms with Crippen molar-refractivity contribution < 1.29 is 14.4 Å². The molecule has 20 heavy (non-hydrogen) atoms. The number of imide groups is 1. The molecule has 106 valence electrons. The summed E-state index contributed by atoms with van der Waals surface area (Å²) in [5, 5.41) is 2.81. The second-order valence-electron chi connectivity index (χ2n) is 4.33. The first kappa shape index (κ1) is 14.9. The van der Waals surface area contributed by atoms with Gasteiger partial charge >= 0.3 is 0 Å². The Kier molecular flexibility index (Phi) is 4.67. The molecule has 3 amide bonds. The van der Waals surface area contributed by atoms with Crippen LogP contribution in [-0.4, -0.2) is 40.2 Å². The Balaban J connectivity index is 2.00. The van der Waals surface area contributed by atoms with E-state index in [1.54, 1.807) is 31.2 Å². The number of anilines is 1. The molecular weight excluding hydrogens is 300 g/mol. The fourth-order valence-corrected chi connectivity index (χ4v) is 2.77. The molecule has 1 N–H and O–H groups in total. The number of benzene rings is 1. The topological polar surface area (TPSA) is 66.5 Å². The lowest BCUT2D eigenvalue weighted by Gasteiger charge is -2.27. The highest BCUT2D eigenvalue weighted by molar-refractivity contribution is 8.01. The normalized spacial score (nSPS) is 19.1. The number of carbonyl (C=O) groups is 3. The van der Waals surface area contributed by atoms with Crippen molar-refractivity contribution in [1.29, 1.82) is 0 Å². The number of thioether (sulfide) groups is 1. The molecule has 0 aromatic heterocycles. The van der Waals surface area contributed by atoms with Gasteiger partial charge in [0.2, 0.25) is 17.7 Å². The Morgan fingerprint density at radius 1 is 1.50 bits per heavy atom. The lowest BCUT2D eigenvalue weighted by Crippen LogP contribution is -2.49. The Bertz CT molecular complexity index is 564. The van der Waals surface area contributed by atoms with Crippen molar-refractivity contribution >= 4 is 46.8 Å². The first-order valence-corrected chi connectivity index (χ1v) is 7.41. The molecule has 0 radical (unpaired) electrons. The third-order valence-electron chi connectivity index (χ3n) is 2.78. The Hall–Kier alpha value is -1.53. The molecule has 1 aliphatic rings. The van der Waals surface area contributed by atoms with E-state index in [2.05, 4.69) is 5.32 Å². The Labute approximate surface area is 125 Å². The fourth-order valence-electron chi connectivity index (χ4n) is 1.76. The highest BCUT2D eigenvalue weighted by Gasteiger charge is 2.33. The van der Waals surface area contributed by atoms with E-state index < -0.39 is 5.91 Å². The molecule has 0 bridgehead atoms. The third kappa shape index (κ3) is 3.52. The van der Waals surface area contributed by atoms with Crippen LogP contribution in [0, 0.1) is 0 Å². The van der Waals surface area contributed by atoms with Crippen molar-refractivity contribution in [3.8, 4) is 0 Å². The number of nitrogens with zero attached hydrogens (tertiary/aromatic N) is 1. The standard InChI is InChI=1S/C13H13ClN2O3S/c1-8-13(19)16(12(18)7-20-8)6-11(17)15-10-4-2-3-9(14)5-10/h2-5,8H,6-7H2,1H3,(H,15,17)/t8-/m1/s1. The molecule has 5 nitrogen and oxygen atoms in total. The van der Waals surface area contributed by atoms with Crippen molar-refractivity contribution in [2.45, 2.75) is 12.2 Å². The largest absolute Gasteiger partial charge is 0.324 e. The van der Waals surface area contributed by atoms with Gasteiger partial charge in [-0.15, -0.1) is 11.8 Å². The maximum Gasteiger partial charge on any atom is 0.244 e. The summed E-state index contributed by atoms with van der Waals surface area (Å²) in [6, 6.07) is 6.67. The summed E-state index contributed by atoms with van der Waals surface area (Å²) in [6.07, 6.45) is 0. The van der Waals surface area contributed by atoms with E-state index >= 15 is 0 Å². The highest BCUT2D eigenvalue weighted by atomic mass is 35.5. The van der Waals surface area contributed by atoms with Gasteiger partial charge in [-0.05, 0) is 25.1 Å². The zero-order chi connectivity index (χ0) is 14.7. The van der Waals surface area contributed by atoms with Crippen LogP contribution < -0.4 is 5.32 Å². The minimum Gasteiger partial charge on any atom is -0.324 e. The number of rotatable bonds is 3. The molecule has 0 saturated carbocycles. The summed E-state index contributed by atoms with van der Waals surface area (Å²) in [6.45, 7) is 1.45. The molecule has 7 heteroatoms. The summed E-state index contributed by atoms with van der Waals surface area (Å²) < 4.78 is 0. The number of hydrogen-bond acceptors (Lipinski definition) is 4. The van der Waals surface area contributed by atoms with Crippen LogP contribution in [0.4, 0.5) is 5.69 Å². The van der Waals surface area contributed by atoms with E-state index in [4.69, 9.17) is 11.6 Å². The van der Waals surface area contributed by atoms with Crippen LogP contribution in [-0.2, 0) is 14.4 Å². The molecule has 1 aromatic rings. The minimum atomic E-state index is -0.423. The van der Waals surface area contributed by atoms with E-state index in [1.807, 2.05) is 0 Å². The number of hydrogen-bond donors (Lipinski definition) is 1. The quantitative estimate of drug-likeness (QED) is 0.864. The molecule has 1 fully saturated rings. The van der Waals surface area contributed by atoms with Gasteiger partial charge in [-0.25, -0.2) is 0 Å². The predicted octanol–water partition coefficient (Wildman–Crippen LogP) is 1.77. The van der Waals surface area contributed by atoms with E-state index in [-0.39, 0.29) is 29.4 Å². The number of halogens is 1. The molecule has 1 aromatic carbocycles. The van der Waals surface area contributed by atoms with Crippen LogP contribution >= 0.6 is 23.4 Å². The number of carbonyl (C=O) groups excluding carboxylic acids is 3. The molecule has 1 aliphatic heterocycles. The molecule has 0 aliphatic carbocycles. The van der Waals surface area contributed by atoms with Crippen LogP contribution in [0.15, 0.2) is 24.3 Å². The van der Waals surface area contributed by atoms with Gasteiger partial charge in [0.25, 0.3) is 0 Å². The maximum absolute atomic E-state index is 11.9. The van der Waals surface area contributed by atoms with Crippen LogP contribution in [0.3, 0.4) is 0 Å². The van der Waals surface area contributed by atoms with Crippen molar-refractivity contribution in [2.75, 3.05) is 17.6 Å². The number of nitrogens with one attached hydrogen (secondary N) is 1. The van der Waals surface area contributed by atoms with Gasteiger partial charge in [-0.1, -0.05) is 17.7 Å². The van der Waals surface area contributed by atoms with E-state index in [0.717, 1.165) is 4.90 Å². The van der Waals surface area contributed by atoms with Gasteiger partial charge in [0.15, 0.2) is 0 Å². The van der Waals surface area contributed by atoms with Gasteiger partial charge in [-0.2, -0.15) is 0 Å².